The molecule has 4 nitrogen and oxygen atoms in total. The van der Waals surface area contributed by atoms with Crippen molar-refractivity contribution in [3.8, 4) is 0 Å². The minimum atomic E-state index is -4.75. The van der Waals surface area contributed by atoms with E-state index in [1.807, 2.05) is 0 Å². The van der Waals surface area contributed by atoms with E-state index in [1.165, 1.54) is 0 Å². The van der Waals surface area contributed by atoms with Gasteiger partial charge < -0.3 is 10.4 Å². The number of halogens is 3. The Balaban J connectivity index is 3.40. The molecule has 0 spiro atoms. The molecule has 15 heavy (non-hydrogen) atoms. The van der Waals surface area contributed by atoms with E-state index in [1.54, 1.807) is 0 Å². The number of carbonyl (C=O) groups excluding carboxylic acids is 1. The van der Waals surface area contributed by atoms with Crippen LogP contribution >= 0.6 is 0 Å². The van der Waals surface area contributed by atoms with Crippen LogP contribution in [-0.4, -0.2) is 29.7 Å². The van der Waals surface area contributed by atoms with Crippen LogP contribution in [0.4, 0.5) is 18.0 Å². The van der Waals surface area contributed by atoms with Crippen LogP contribution in [0.2, 0.25) is 0 Å². The fraction of sp³-hybridized carbons (Fsp3) is 0.750. The number of nitrogens with one attached hydrogen (secondary N) is 1. The molecule has 2 N–H and O–H groups in total. The Morgan fingerprint density at radius 2 is 1.73 bits per heavy atom. The van der Waals surface area contributed by atoms with E-state index in [2.05, 4.69) is 5.32 Å². The lowest BCUT2D eigenvalue weighted by molar-refractivity contribution is -0.171. The number of carbonyl (C=O) groups is 2. The normalized spacial score (nSPS) is 11.1. The van der Waals surface area contributed by atoms with Crippen LogP contribution in [0.1, 0.15) is 25.7 Å². The van der Waals surface area contributed by atoms with Gasteiger partial charge in [0.25, 0.3) is 0 Å². The van der Waals surface area contributed by atoms with Crippen molar-refractivity contribution >= 4 is 11.9 Å². The van der Waals surface area contributed by atoms with Crippen molar-refractivity contribution in [3.05, 3.63) is 0 Å². The molecule has 0 radical (unpaired) electrons. The number of rotatable bonds is 6. The van der Waals surface area contributed by atoms with Crippen LogP contribution in [0.5, 0.6) is 0 Å². The number of carboxylic acid groups (broad SMARTS) is 1. The zero-order valence-electron chi connectivity index (χ0n) is 7.93. The van der Waals surface area contributed by atoms with Gasteiger partial charge in [0, 0.05) is 13.0 Å². The quantitative estimate of drug-likeness (QED) is 0.681. The van der Waals surface area contributed by atoms with Crippen molar-refractivity contribution in [2.45, 2.75) is 31.9 Å². The molecule has 0 aromatic carbocycles. The van der Waals surface area contributed by atoms with E-state index in [-0.39, 0.29) is 13.0 Å². The first kappa shape index (κ1) is 13.7. The third-order valence-corrected chi connectivity index (χ3v) is 1.67. The van der Waals surface area contributed by atoms with E-state index >= 15 is 0 Å². The maximum atomic E-state index is 11.7. The first-order valence-corrected chi connectivity index (χ1v) is 4.41. The molecular weight excluding hydrogens is 215 g/mol. The molecule has 0 rings (SSSR count). The molecule has 0 heterocycles. The van der Waals surface area contributed by atoms with Crippen molar-refractivity contribution in [3.63, 3.8) is 0 Å². The lowest BCUT2D eigenvalue weighted by Gasteiger charge is -2.04. The first-order chi connectivity index (χ1) is 6.84. The molecule has 0 aromatic rings. The van der Waals surface area contributed by atoms with Gasteiger partial charge in [-0.3, -0.25) is 4.79 Å². The second-order valence-electron chi connectivity index (χ2n) is 2.96. The van der Waals surface area contributed by atoms with E-state index in [9.17, 15) is 22.8 Å². The summed E-state index contributed by atoms with van der Waals surface area (Å²) in [4.78, 5) is 20.3. The Kier molecular flexibility index (Phi) is 5.73. The molecule has 0 fully saturated rings. The number of unbranched alkanes of at least 4 members (excludes halogenated alkanes) is 2. The topological polar surface area (TPSA) is 66.4 Å². The summed E-state index contributed by atoms with van der Waals surface area (Å²) in [6.07, 6.45) is -5.50. The van der Waals surface area contributed by atoms with Gasteiger partial charge in [-0.05, 0) is 12.8 Å². The van der Waals surface area contributed by atoms with Crippen LogP contribution in [0.25, 0.3) is 0 Å². The third-order valence-electron chi connectivity index (χ3n) is 1.67. The predicted molar refractivity (Wildman–Crippen MR) is 45.6 cm³/mol. The Hall–Kier alpha value is -1.27. The number of hydrogen-bond donors (Lipinski definition) is 2. The molecule has 0 aliphatic heterocycles. The number of ketones is 1. The second kappa shape index (κ2) is 6.26. The first-order valence-electron chi connectivity index (χ1n) is 4.41. The smallest absolute Gasteiger partial charge is 0.449 e. The highest BCUT2D eigenvalue weighted by Gasteiger charge is 2.36. The summed E-state index contributed by atoms with van der Waals surface area (Å²) in [6, 6.07) is 0. The van der Waals surface area contributed by atoms with Crippen molar-refractivity contribution in [1.82, 2.24) is 5.32 Å². The Labute approximate surface area is 84.5 Å². The SMILES string of the molecule is O=C(O)NCCCCCC(=O)C(F)(F)F. The van der Waals surface area contributed by atoms with Gasteiger partial charge in [-0.1, -0.05) is 6.42 Å². The summed E-state index contributed by atoms with van der Waals surface area (Å²) in [7, 11) is 0. The van der Waals surface area contributed by atoms with Crippen LogP contribution in [0.15, 0.2) is 0 Å². The number of alkyl halides is 3. The number of amides is 1. The molecule has 0 aromatic heterocycles. The highest BCUT2D eigenvalue weighted by Crippen LogP contribution is 2.19. The highest BCUT2D eigenvalue weighted by atomic mass is 19.4. The predicted octanol–water partition coefficient (Wildman–Crippen LogP) is 1.95. The van der Waals surface area contributed by atoms with Gasteiger partial charge in [0.15, 0.2) is 0 Å². The van der Waals surface area contributed by atoms with E-state index in [4.69, 9.17) is 5.11 Å². The third kappa shape index (κ3) is 7.77. The molecule has 0 atom stereocenters. The van der Waals surface area contributed by atoms with Crippen molar-refractivity contribution < 1.29 is 27.9 Å². The molecule has 0 unspecified atom stereocenters. The summed E-state index contributed by atoms with van der Waals surface area (Å²) in [5.74, 6) is -1.73. The van der Waals surface area contributed by atoms with E-state index in [0.717, 1.165) is 0 Å². The summed E-state index contributed by atoms with van der Waals surface area (Å²) >= 11 is 0. The average Bonchev–Trinajstić information content (AvgIpc) is 2.08. The summed E-state index contributed by atoms with van der Waals surface area (Å²) < 4.78 is 35.1. The van der Waals surface area contributed by atoms with Crippen LogP contribution in [-0.2, 0) is 4.79 Å². The van der Waals surface area contributed by atoms with Gasteiger partial charge in [-0.25, -0.2) is 4.79 Å². The molecule has 0 saturated carbocycles. The summed E-state index contributed by atoms with van der Waals surface area (Å²) in [6.45, 7) is 0.190. The van der Waals surface area contributed by atoms with Gasteiger partial charge >= 0.3 is 12.3 Å². The Morgan fingerprint density at radius 1 is 1.13 bits per heavy atom. The van der Waals surface area contributed by atoms with E-state index in [0.29, 0.717) is 12.8 Å². The van der Waals surface area contributed by atoms with Crippen LogP contribution in [0, 0.1) is 0 Å². The summed E-state index contributed by atoms with van der Waals surface area (Å²) in [5.41, 5.74) is 0. The fourth-order valence-corrected chi connectivity index (χ4v) is 0.924. The standard InChI is InChI=1S/C8H12F3NO3/c9-8(10,11)6(13)4-2-1-3-5-12-7(14)15/h12H,1-5H2,(H,14,15). The maximum Gasteiger partial charge on any atom is 0.449 e. The Bertz CT molecular complexity index is 228. The zero-order valence-corrected chi connectivity index (χ0v) is 7.93. The highest BCUT2D eigenvalue weighted by molar-refractivity contribution is 5.83. The molecule has 0 saturated heterocycles. The monoisotopic (exact) mass is 227 g/mol. The van der Waals surface area contributed by atoms with Crippen LogP contribution < -0.4 is 5.32 Å². The van der Waals surface area contributed by atoms with Gasteiger partial charge in [0.1, 0.15) is 0 Å². The van der Waals surface area contributed by atoms with Crippen molar-refractivity contribution in [1.29, 1.82) is 0 Å². The maximum absolute atomic E-state index is 11.7. The largest absolute Gasteiger partial charge is 0.465 e. The lowest BCUT2D eigenvalue weighted by Crippen LogP contribution is -2.23. The Morgan fingerprint density at radius 3 is 2.20 bits per heavy atom. The zero-order chi connectivity index (χ0) is 11.9. The number of hydrogen-bond acceptors (Lipinski definition) is 2. The molecule has 7 heteroatoms. The van der Waals surface area contributed by atoms with Crippen molar-refractivity contribution in [2.75, 3.05) is 6.54 Å². The van der Waals surface area contributed by atoms with Crippen LogP contribution in [0.3, 0.4) is 0 Å². The average molecular weight is 227 g/mol. The minimum absolute atomic E-state index is 0.125. The van der Waals surface area contributed by atoms with E-state index < -0.39 is 24.5 Å². The van der Waals surface area contributed by atoms with Gasteiger partial charge in [-0.2, -0.15) is 13.2 Å². The molecular formula is C8H12F3NO3. The molecule has 0 aliphatic carbocycles. The molecule has 0 aliphatic rings. The minimum Gasteiger partial charge on any atom is -0.465 e. The fourth-order valence-electron chi connectivity index (χ4n) is 0.924. The van der Waals surface area contributed by atoms with Gasteiger partial charge in [0.2, 0.25) is 5.78 Å². The summed E-state index contributed by atoms with van der Waals surface area (Å²) in [5, 5.41) is 10.2. The number of Topliss-reactive ketones (excluding diaryl/α,β-unsaturated/α-hetero) is 1. The second-order valence-corrected chi connectivity index (χ2v) is 2.96. The van der Waals surface area contributed by atoms with Gasteiger partial charge in [-0.15, -0.1) is 0 Å². The van der Waals surface area contributed by atoms with Gasteiger partial charge in [0.05, 0.1) is 0 Å². The molecule has 0 bridgehead atoms. The molecule has 88 valence electrons. The lowest BCUT2D eigenvalue weighted by atomic mass is 10.1. The molecule has 1 amide bonds. The van der Waals surface area contributed by atoms with Crippen molar-refractivity contribution in [2.24, 2.45) is 0 Å².